The molecule has 1 heterocycles. The summed E-state index contributed by atoms with van der Waals surface area (Å²) in [5.41, 5.74) is -0.866. The molecule has 18 heavy (non-hydrogen) atoms. The summed E-state index contributed by atoms with van der Waals surface area (Å²) in [7, 11) is 1.63. The average Bonchev–Trinajstić information content (AvgIpc) is 3.24. The Morgan fingerprint density at radius 3 is 2.67 bits per heavy atom. The van der Waals surface area contributed by atoms with Crippen molar-refractivity contribution in [1.82, 2.24) is 4.90 Å². The number of rotatable bonds is 5. The molecule has 0 bridgehead atoms. The maximum atomic E-state index is 12.6. The van der Waals surface area contributed by atoms with Crippen LogP contribution in [-0.2, 0) is 14.3 Å². The van der Waals surface area contributed by atoms with E-state index in [-0.39, 0.29) is 5.91 Å². The summed E-state index contributed by atoms with van der Waals surface area (Å²) in [4.78, 5) is 14.5. The van der Waals surface area contributed by atoms with Crippen molar-refractivity contribution in [2.45, 2.75) is 31.7 Å². The Balaban J connectivity index is 2.08. The number of hydrogen-bond donors (Lipinski definition) is 0. The fraction of sp³-hybridized carbons (Fsp3) is 0.846. The van der Waals surface area contributed by atoms with Gasteiger partial charge in [-0.3, -0.25) is 4.79 Å². The van der Waals surface area contributed by atoms with Crippen LogP contribution in [0.4, 0.5) is 0 Å². The maximum Gasteiger partial charge on any atom is 0.243 e. The van der Waals surface area contributed by atoms with Gasteiger partial charge in [-0.25, -0.2) is 0 Å². The molecule has 2 rings (SSSR count). The van der Waals surface area contributed by atoms with Crippen molar-refractivity contribution in [1.29, 1.82) is 5.26 Å². The van der Waals surface area contributed by atoms with Crippen LogP contribution in [-0.4, -0.2) is 50.3 Å². The predicted octanol–water partition coefficient (Wildman–Crippen LogP) is 0.944. The monoisotopic (exact) mass is 252 g/mol. The van der Waals surface area contributed by atoms with Gasteiger partial charge in [-0.15, -0.1) is 0 Å². The lowest BCUT2D eigenvalue weighted by Gasteiger charge is -2.34. The van der Waals surface area contributed by atoms with Gasteiger partial charge in [-0.05, 0) is 25.7 Å². The number of carbonyl (C=O) groups excluding carboxylic acids is 1. The first kappa shape index (κ1) is 13.3. The SMILES string of the molecule is COCCN(C(=O)C1(C#N)CCOCC1)C1CC1. The summed E-state index contributed by atoms with van der Waals surface area (Å²) in [5, 5.41) is 9.40. The van der Waals surface area contributed by atoms with E-state index in [4.69, 9.17) is 9.47 Å². The van der Waals surface area contributed by atoms with Crippen molar-refractivity contribution in [3.63, 3.8) is 0 Å². The van der Waals surface area contributed by atoms with Gasteiger partial charge in [0.15, 0.2) is 0 Å². The van der Waals surface area contributed by atoms with Crippen molar-refractivity contribution in [3.05, 3.63) is 0 Å². The molecule has 100 valence electrons. The van der Waals surface area contributed by atoms with E-state index in [1.807, 2.05) is 4.90 Å². The molecule has 1 aliphatic carbocycles. The zero-order valence-corrected chi connectivity index (χ0v) is 10.9. The van der Waals surface area contributed by atoms with E-state index in [1.54, 1.807) is 7.11 Å². The van der Waals surface area contributed by atoms with E-state index in [0.717, 1.165) is 12.8 Å². The number of carbonyl (C=O) groups is 1. The Morgan fingerprint density at radius 1 is 1.50 bits per heavy atom. The smallest absolute Gasteiger partial charge is 0.243 e. The van der Waals surface area contributed by atoms with Crippen LogP contribution in [0, 0.1) is 16.7 Å². The minimum Gasteiger partial charge on any atom is -0.383 e. The predicted molar refractivity (Wildman–Crippen MR) is 64.7 cm³/mol. The lowest BCUT2D eigenvalue weighted by molar-refractivity contribution is -0.144. The second-order valence-corrected chi connectivity index (χ2v) is 5.03. The van der Waals surface area contributed by atoms with E-state index in [0.29, 0.717) is 45.2 Å². The van der Waals surface area contributed by atoms with Crippen LogP contribution >= 0.6 is 0 Å². The summed E-state index contributed by atoms with van der Waals surface area (Å²) in [6, 6.07) is 2.56. The highest BCUT2D eigenvalue weighted by molar-refractivity contribution is 5.86. The number of hydrogen-bond acceptors (Lipinski definition) is 4. The average molecular weight is 252 g/mol. The molecule has 0 aromatic heterocycles. The molecular weight excluding hydrogens is 232 g/mol. The Morgan fingerprint density at radius 2 is 2.17 bits per heavy atom. The van der Waals surface area contributed by atoms with Crippen molar-refractivity contribution < 1.29 is 14.3 Å². The van der Waals surface area contributed by atoms with Gasteiger partial charge in [0.25, 0.3) is 0 Å². The van der Waals surface area contributed by atoms with Crippen LogP contribution in [0.3, 0.4) is 0 Å². The van der Waals surface area contributed by atoms with Gasteiger partial charge in [0, 0.05) is 32.9 Å². The van der Waals surface area contributed by atoms with E-state index < -0.39 is 5.41 Å². The quantitative estimate of drug-likeness (QED) is 0.730. The number of ether oxygens (including phenoxy) is 2. The van der Waals surface area contributed by atoms with Gasteiger partial charge in [0.1, 0.15) is 5.41 Å². The van der Waals surface area contributed by atoms with Crippen LogP contribution < -0.4 is 0 Å². The zero-order valence-electron chi connectivity index (χ0n) is 10.9. The van der Waals surface area contributed by atoms with Gasteiger partial charge in [0.05, 0.1) is 12.7 Å². The third-order valence-electron chi connectivity index (χ3n) is 3.75. The highest BCUT2D eigenvalue weighted by Crippen LogP contribution is 2.36. The van der Waals surface area contributed by atoms with E-state index in [2.05, 4.69) is 6.07 Å². The van der Waals surface area contributed by atoms with Gasteiger partial charge in [-0.1, -0.05) is 0 Å². The molecule has 1 saturated carbocycles. The molecular formula is C13H20N2O3. The molecule has 5 heteroatoms. The first-order chi connectivity index (χ1) is 8.73. The molecule has 0 spiro atoms. The second kappa shape index (κ2) is 5.68. The summed E-state index contributed by atoms with van der Waals surface area (Å²) >= 11 is 0. The lowest BCUT2D eigenvalue weighted by atomic mass is 9.80. The lowest BCUT2D eigenvalue weighted by Crippen LogP contribution is -2.48. The molecule has 2 aliphatic rings. The second-order valence-electron chi connectivity index (χ2n) is 5.03. The summed E-state index contributed by atoms with van der Waals surface area (Å²) in [6.45, 7) is 2.12. The molecule has 1 aliphatic heterocycles. The highest BCUT2D eigenvalue weighted by Gasteiger charge is 2.46. The molecule has 1 saturated heterocycles. The normalized spacial score (nSPS) is 22.2. The molecule has 0 N–H and O–H groups in total. The van der Waals surface area contributed by atoms with Crippen LogP contribution in [0.5, 0.6) is 0 Å². The molecule has 0 atom stereocenters. The third-order valence-corrected chi connectivity index (χ3v) is 3.75. The Labute approximate surface area is 108 Å². The highest BCUT2D eigenvalue weighted by atomic mass is 16.5. The van der Waals surface area contributed by atoms with Gasteiger partial charge < -0.3 is 14.4 Å². The molecule has 2 fully saturated rings. The molecule has 5 nitrogen and oxygen atoms in total. The van der Waals surface area contributed by atoms with E-state index >= 15 is 0 Å². The first-order valence-corrected chi connectivity index (χ1v) is 6.52. The van der Waals surface area contributed by atoms with Crippen LogP contribution in [0.15, 0.2) is 0 Å². The maximum absolute atomic E-state index is 12.6. The van der Waals surface area contributed by atoms with E-state index in [9.17, 15) is 10.1 Å². The Kier molecular flexibility index (Phi) is 4.20. The summed E-state index contributed by atoms with van der Waals surface area (Å²) in [6.07, 6.45) is 3.12. The summed E-state index contributed by atoms with van der Waals surface area (Å²) < 4.78 is 10.3. The van der Waals surface area contributed by atoms with Gasteiger partial charge in [-0.2, -0.15) is 5.26 Å². The third kappa shape index (κ3) is 2.65. The first-order valence-electron chi connectivity index (χ1n) is 6.52. The van der Waals surface area contributed by atoms with Crippen molar-refractivity contribution >= 4 is 5.91 Å². The molecule has 0 radical (unpaired) electrons. The standard InChI is InChI=1S/C13H20N2O3/c1-17-9-6-15(11-2-3-11)12(16)13(10-14)4-7-18-8-5-13/h11H,2-9H2,1H3. The largest absolute Gasteiger partial charge is 0.383 e. The van der Waals surface area contributed by atoms with E-state index in [1.165, 1.54) is 0 Å². The number of nitriles is 1. The molecule has 1 amide bonds. The van der Waals surface area contributed by atoms with Crippen LogP contribution in [0.2, 0.25) is 0 Å². The van der Waals surface area contributed by atoms with Crippen molar-refractivity contribution in [3.8, 4) is 6.07 Å². The van der Waals surface area contributed by atoms with Crippen LogP contribution in [0.1, 0.15) is 25.7 Å². The minimum absolute atomic E-state index is 0.0205. The molecule has 0 aromatic carbocycles. The zero-order chi connectivity index (χ0) is 13.0. The fourth-order valence-corrected chi connectivity index (χ4v) is 2.39. The van der Waals surface area contributed by atoms with Crippen LogP contribution in [0.25, 0.3) is 0 Å². The fourth-order valence-electron chi connectivity index (χ4n) is 2.39. The number of amides is 1. The minimum atomic E-state index is -0.866. The Hall–Kier alpha value is -1.12. The summed E-state index contributed by atoms with van der Waals surface area (Å²) in [5.74, 6) is -0.0205. The van der Waals surface area contributed by atoms with Crippen molar-refractivity contribution in [2.24, 2.45) is 5.41 Å². The van der Waals surface area contributed by atoms with Gasteiger partial charge in [0.2, 0.25) is 5.91 Å². The number of methoxy groups -OCH3 is 1. The molecule has 0 unspecified atom stereocenters. The molecule has 0 aromatic rings. The van der Waals surface area contributed by atoms with Gasteiger partial charge >= 0.3 is 0 Å². The van der Waals surface area contributed by atoms with Crippen molar-refractivity contribution in [2.75, 3.05) is 33.5 Å². The number of nitrogens with zero attached hydrogens (tertiary/aromatic N) is 2. The topological polar surface area (TPSA) is 62.6 Å². The Bertz CT molecular complexity index is 341.